The Balaban J connectivity index is 2.33. The topological polar surface area (TPSA) is 69.6 Å². The smallest absolute Gasteiger partial charge is 0.307 e. The Hall–Kier alpha value is -1.10. The lowest BCUT2D eigenvalue weighted by Crippen LogP contribution is -2.40. The van der Waals surface area contributed by atoms with Crippen LogP contribution in [0.15, 0.2) is 0 Å². The van der Waals surface area contributed by atoms with Crippen LogP contribution in [-0.2, 0) is 9.59 Å². The molecule has 0 aromatic rings. The van der Waals surface area contributed by atoms with E-state index in [0.29, 0.717) is 25.4 Å². The monoisotopic (exact) mass is 270 g/mol. The molecule has 1 rings (SSSR count). The van der Waals surface area contributed by atoms with Crippen molar-refractivity contribution in [1.82, 2.24) is 10.2 Å². The second kappa shape index (κ2) is 7.48. The van der Waals surface area contributed by atoms with E-state index in [1.165, 1.54) is 0 Å². The lowest BCUT2D eigenvalue weighted by Gasteiger charge is -2.24. The molecule has 2 N–H and O–H groups in total. The SMILES string of the molecule is CCC(C)N(C)CCNC(=O)[C@@H]1CCC[C@@H]1C(=O)O. The fourth-order valence-corrected chi connectivity index (χ4v) is 2.59. The van der Waals surface area contributed by atoms with Crippen molar-refractivity contribution in [2.75, 3.05) is 20.1 Å². The highest BCUT2D eigenvalue weighted by Crippen LogP contribution is 2.31. The number of nitrogens with one attached hydrogen (secondary N) is 1. The van der Waals surface area contributed by atoms with Gasteiger partial charge in [0, 0.05) is 19.1 Å². The van der Waals surface area contributed by atoms with Gasteiger partial charge in [-0.05, 0) is 33.2 Å². The summed E-state index contributed by atoms with van der Waals surface area (Å²) in [5, 5.41) is 11.9. The van der Waals surface area contributed by atoms with Crippen molar-refractivity contribution in [2.45, 2.75) is 45.6 Å². The number of carbonyl (C=O) groups excluding carboxylic acids is 1. The minimum Gasteiger partial charge on any atom is -0.481 e. The predicted molar refractivity (Wildman–Crippen MR) is 73.9 cm³/mol. The fourth-order valence-electron chi connectivity index (χ4n) is 2.59. The van der Waals surface area contributed by atoms with Gasteiger partial charge in [-0.15, -0.1) is 0 Å². The molecule has 3 atom stereocenters. The molecule has 1 fully saturated rings. The van der Waals surface area contributed by atoms with E-state index in [0.717, 1.165) is 19.4 Å². The first-order valence-corrected chi connectivity index (χ1v) is 7.18. The van der Waals surface area contributed by atoms with Crippen molar-refractivity contribution >= 4 is 11.9 Å². The van der Waals surface area contributed by atoms with Crippen LogP contribution < -0.4 is 5.32 Å². The molecule has 110 valence electrons. The number of nitrogens with zero attached hydrogens (tertiary/aromatic N) is 1. The number of hydrogen-bond donors (Lipinski definition) is 2. The summed E-state index contributed by atoms with van der Waals surface area (Å²) in [6.45, 7) is 5.67. The maximum absolute atomic E-state index is 12.0. The third-order valence-corrected chi connectivity index (χ3v) is 4.28. The van der Waals surface area contributed by atoms with Crippen LogP contribution in [0.3, 0.4) is 0 Å². The highest BCUT2D eigenvalue weighted by Gasteiger charge is 2.37. The first-order valence-electron chi connectivity index (χ1n) is 7.18. The summed E-state index contributed by atoms with van der Waals surface area (Å²) >= 11 is 0. The van der Waals surface area contributed by atoms with Crippen molar-refractivity contribution in [2.24, 2.45) is 11.8 Å². The lowest BCUT2D eigenvalue weighted by atomic mass is 9.95. The number of hydrogen-bond acceptors (Lipinski definition) is 3. The Morgan fingerprint density at radius 1 is 1.37 bits per heavy atom. The van der Waals surface area contributed by atoms with Crippen molar-refractivity contribution < 1.29 is 14.7 Å². The summed E-state index contributed by atoms with van der Waals surface area (Å²) in [5.41, 5.74) is 0. The molecule has 1 saturated carbocycles. The Morgan fingerprint density at radius 3 is 2.58 bits per heavy atom. The van der Waals surface area contributed by atoms with Crippen LogP contribution in [0.2, 0.25) is 0 Å². The summed E-state index contributed by atoms with van der Waals surface area (Å²) in [6.07, 6.45) is 3.24. The lowest BCUT2D eigenvalue weighted by molar-refractivity contribution is -0.146. The van der Waals surface area contributed by atoms with E-state index in [1.54, 1.807) is 0 Å². The minimum atomic E-state index is -0.839. The van der Waals surface area contributed by atoms with E-state index >= 15 is 0 Å². The normalized spacial score (nSPS) is 24.4. The first kappa shape index (κ1) is 16.0. The van der Waals surface area contributed by atoms with Gasteiger partial charge in [0.05, 0.1) is 11.8 Å². The van der Waals surface area contributed by atoms with Crippen molar-refractivity contribution in [3.05, 3.63) is 0 Å². The maximum Gasteiger partial charge on any atom is 0.307 e. The molecule has 0 radical (unpaired) electrons. The van der Waals surface area contributed by atoms with E-state index in [4.69, 9.17) is 5.11 Å². The number of carboxylic acids is 1. The molecule has 5 nitrogen and oxygen atoms in total. The summed E-state index contributed by atoms with van der Waals surface area (Å²) in [6, 6.07) is 0.496. The van der Waals surface area contributed by atoms with Gasteiger partial charge in [0.15, 0.2) is 0 Å². The number of rotatable bonds is 7. The van der Waals surface area contributed by atoms with Gasteiger partial charge < -0.3 is 15.3 Å². The maximum atomic E-state index is 12.0. The number of amides is 1. The number of aliphatic carboxylic acids is 1. The van der Waals surface area contributed by atoms with Gasteiger partial charge in [-0.25, -0.2) is 0 Å². The van der Waals surface area contributed by atoms with Gasteiger partial charge in [-0.3, -0.25) is 9.59 Å². The van der Waals surface area contributed by atoms with Crippen molar-refractivity contribution in [3.8, 4) is 0 Å². The zero-order valence-corrected chi connectivity index (χ0v) is 12.2. The molecule has 0 bridgehead atoms. The molecular weight excluding hydrogens is 244 g/mol. The second-order valence-electron chi connectivity index (χ2n) is 5.51. The average molecular weight is 270 g/mol. The number of carbonyl (C=O) groups is 2. The molecule has 1 unspecified atom stereocenters. The molecule has 1 aliphatic rings. The average Bonchev–Trinajstić information content (AvgIpc) is 2.86. The van der Waals surface area contributed by atoms with Crippen LogP contribution in [0, 0.1) is 11.8 Å². The Morgan fingerprint density at radius 2 is 2.00 bits per heavy atom. The third-order valence-electron chi connectivity index (χ3n) is 4.28. The Labute approximate surface area is 115 Å². The van der Waals surface area contributed by atoms with Crippen molar-refractivity contribution in [3.63, 3.8) is 0 Å². The summed E-state index contributed by atoms with van der Waals surface area (Å²) in [7, 11) is 2.04. The fraction of sp³-hybridized carbons (Fsp3) is 0.857. The molecule has 0 aromatic carbocycles. The van der Waals surface area contributed by atoms with E-state index in [9.17, 15) is 9.59 Å². The van der Waals surface area contributed by atoms with E-state index in [2.05, 4.69) is 24.1 Å². The first-order chi connectivity index (χ1) is 8.97. The van der Waals surface area contributed by atoms with Gasteiger partial charge in [0.1, 0.15) is 0 Å². The molecule has 0 spiro atoms. The highest BCUT2D eigenvalue weighted by atomic mass is 16.4. The second-order valence-corrected chi connectivity index (χ2v) is 5.51. The standard InChI is InChI=1S/C14H26N2O3/c1-4-10(2)16(3)9-8-15-13(17)11-6-5-7-12(11)14(18)19/h10-12H,4-9H2,1-3H3,(H,15,17)(H,18,19)/t10?,11-,12+/m1/s1. The quantitative estimate of drug-likeness (QED) is 0.732. The van der Waals surface area contributed by atoms with Crippen molar-refractivity contribution in [1.29, 1.82) is 0 Å². The van der Waals surface area contributed by atoms with Gasteiger partial charge in [-0.1, -0.05) is 13.3 Å². The summed E-state index contributed by atoms with van der Waals surface area (Å²) in [4.78, 5) is 25.2. The molecular formula is C14H26N2O3. The molecule has 1 amide bonds. The van der Waals surface area contributed by atoms with E-state index in [-0.39, 0.29) is 11.8 Å². The highest BCUT2D eigenvalue weighted by molar-refractivity contribution is 5.85. The summed E-state index contributed by atoms with van der Waals surface area (Å²) < 4.78 is 0. The molecule has 1 aliphatic carbocycles. The van der Waals surface area contributed by atoms with Gasteiger partial charge in [-0.2, -0.15) is 0 Å². The van der Waals surface area contributed by atoms with Crippen LogP contribution >= 0.6 is 0 Å². The van der Waals surface area contributed by atoms with Gasteiger partial charge in [0.25, 0.3) is 0 Å². The number of likely N-dealkylation sites (N-methyl/N-ethyl adjacent to an activating group) is 1. The third kappa shape index (κ3) is 4.49. The van der Waals surface area contributed by atoms with Crippen LogP contribution in [-0.4, -0.2) is 48.1 Å². The van der Waals surface area contributed by atoms with E-state index in [1.807, 2.05) is 7.05 Å². The van der Waals surface area contributed by atoms with Crippen LogP contribution in [0.1, 0.15) is 39.5 Å². The van der Waals surface area contributed by atoms with Crippen LogP contribution in [0.5, 0.6) is 0 Å². The Kier molecular flexibility index (Phi) is 6.28. The molecule has 0 aliphatic heterocycles. The molecule has 19 heavy (non-hydrogen) atoms. The predicted octanol–water partition coefficient (Wildman–Crippen LogP) is 1.33. The molecule has 0 aromatic heterocycles. The molecule has 5 heteroatoms. The Bertz CT molecular complexity index is 320. The zero-order chi connectivity index (χ0) is 14.4. The van der Waals surface area contributed by atoms with Crippen LogP contribution in [0.4, 0.5) is 0 Å². The summed E-state index contributed by atoms with van der Waals surface area (Å²) in [5.74, 6) is -1.77. The zero-order valence-electron chi connectivity index (χ0n) is 12.2. The van der Waals surface area contributed by atoms with Gasteiger partial charge >= 0.3 is 5.97 Å². The van der Waals surface area contributed by atoms with Crippen LogP contribution in [0.25, 0.3) is 0 Å². The largest absolute Gasteiger partial charge is 0.481 e. The molecule has 0 heterocycles. The molecule has 0 saturated heterocycles. The van der Waals surface area contributed by atoms with Gasteiger partial charge in [0.2, 0.25) is 5.91 Å². The number of carboxylic acid groups (broad SMARTS) is 1. The van der Waals surface area contributed by atoms with E-state index < -0.39 is 11.9 Å². The minimum absolute atomic E-state index is 0.0950.